The highest BCUT2D eigenvalue weighted by Crippen LogP contribution is 2.66. The van der Waals surface area contributed by atoms with Crippen molar-refractivity contribution < 1.29 is 10.2 Å². The van der Waals surface area contributed by atoms with Gasteiger partial charge in [-0.3, -0.25) is 4.90 Å². The standard InChI is InChI=1S/C24H41NO2/c1-23-11-10-19-18(9-7-16-6-8-17(26)15-24(16,19)2)20(23)14-21(22(23)27)25-12-4-3-5-13-25/h16-22,26-27H,3-15H2,1-2H3/t16-,17-,18-,19+,20+,21+,22+,23+,24+/m1/s1. The summed E-state index contributed by atoms with van der Waals surface area (Å²) in [6.07, 6.45) is 13.5. The second-order valence-electron chi connectivity index (χ2n) is 11.5. The van der Waals surface area contributed by atoms with E-state index in [1.807, 2.05) is 0 Å². The number of rotatable bonds is 1. The van der Waals surface area contributed by atoms with Crippen LogP contribution in [-0.2, 0) is 0 Å². The van der Waals surface area contributed by atoms with Crippen LogP contribution in [0.3, 0.4) is 0 Å². The van der Waals surface area contributed by atoms with Crippen LogP contribution in [0, 0.1) is 34.5 Å². The summed E-state index contributed by atoms with van der Waals surface area (Å²) in [6, 6.07) is 0.404. The lowest BCUT2D eigenvalue weighted by Gasteiger charge is -2.60. The van der Waals surface area contributed by atoms with Crippen molar-refractivity contribution in [2.75, 3.05) is 13.1 Å². The lowest BCUT2D eigenvalue weighted by Crippen LogP contribution is -2.55. The Bertz CT molecular complexity index is 561. The molecule has 1 saturated heterocycles. The minimum absolute atomic E-state index is 0.0754. The molecule has 2 N–H and O–H groups in total. The number of hydrogen-bond acceptors (Lipinski definition) is 3. The minimum atomic E-state index is -0.135. The van der Waals surface area contributed by atoms with Crippen LogP contribution in [0.15, 0.2) is 0 Å². The molecular weight excluding hydrogens is 334 g/mol. The Hall–Kier alpha value is -0.120. The SMILES string of the molecule is C[C@]12C[C@H](O)CC[C@@H]1CC[C@@H]1[C@@H]2CC[C@]2(C)[C@@H](O)[C@@H](N3CCCCC3)C[C@@H]12. The molecule has 5 aliphatic rings. The highest BCUT2D eigenvalue weighted by molar-refractivity contribution is 5.13. The van der Waals surface area contributed by atoms with Crippen molar-refractivity contribution in [3.8, 4) is 0 Å². The van der Waals surface area contributed by atoms with Gasteiger partial charge in [0.2, 0.25) is 0 Å². The van der Waals surface area contributed by atoms with Crippen LogP contribution in [0.4, 0.5) is 0 Å². The summed E-state index contributed by atoms with van der Waals surface area (Å²) in [6.45, 7) is 7.34. The zero-order chi connectivity index (χ0) is 18.8. The molecule has 0 aromatic rings. The van der Waals surface area contributed by atoms with Gasteiger partial charge in [-0.15, -0.1) is 0 Å². The number of aliphatic hydroxyl groups is 2. The van der Waals surface area contributed by atoms with Gasteiger partial charge in [0.05, 0.1) is 12.2 Å². The number of aliphatic hydroxyl groups excluding tert-OH is 2. The van der Waals surface area contributed by atoms with Crippen LogP contribution in [0.25, 0.3) is 0 Å². The molecule has 0 spiro atoms. The first-order valence-corrected chi connectivity index (χ1v) is 12.0. The Morgan fingerprint density at radius 1 is 0.815 bits per heavy atom. The minimum Gasteiger partial charge on any atom is -0.393 e. The predicted octanol–water partition coefficient (Wildman–Crippen LogP) is 4.22. The van der Waals surface area contributed by atoms with E-state index in [9.17, 15) is 10.2 Å². The van der Waals surface area contributed by atoms with E-state index in [4.69, 9.17) is 0 Å². The number of piperidine rings is 1. The summed E-state index contributed by atoms with van der Waals surface area (Å²) in [5.41, 5.74) is 0.468. The molecule has 4 saturated carbocycles. The monoisotopic (exact) mass is 375 g/mol. The highest BCUT2D eigenvalue weighted by atomic mass is 16.3. The molecule has 3 heteroatoms. The molecular formula is C24H41NO2. The van der Waals surface area contributed by atoms with Crippen molar-refractivity contribution in [2.24, 2.45) is 34.5 Å². The molecule has 0 bridgehead atoms. The van der Waals surface area contributed by atoms with E-state index >= 15 is 0 Å². The van der Waals surface area contributed by atoms with Crippen LogP contribution in [-0.4, -0.2) is 46.5 Å². The Kier molecular flexibility index (Phi) is 4.69. The van der Waals surface area contributed by atoms with E-state index in [2.05, 4.69) is 18.7 Å². The molecule has 1 heterocycles. The number of likely N-dealkylation sites (tertiary alicyclic amines) is 1. The zero-order valence-corrected chi connectivity index (χ0v) is 17.6. The summed E-state index contributed by atoms with van der Waals surface area (Å²) < 4.78 is 0. The molecule has 0 aromatic heterocycles. The van der Waals surface area contributed by atoms with E-state index in [0.29, 0.717) is 17.4 Å². The molecule has 0 amide bonds. The van der Waals surface area contributed by atoms with Crippen LogP contribution in [0.1, 0.15) is 84.5 Å². The number of fused-ring (bicyclic) bond motifs is 5. The molecule has 5 fully saturated rings. The summed E-state index contributed by atoms with van der Waals surface area (Å²) in [5, 5.41) is 21.9. The summed E-state index contributed by atoms with van der Waals surface area (Å²) in [7, 11) is 0. The van der Waals surface area contributed by atoms with Gasteiger partial charge in [0.15, 0.2) is 0 Å². The first-order valence-electron chi connectivity index (χ1n) is 12.0. The average molecular weight is 376 g/mol. The van der Waals surface area contributed by atoms with Crippen LogP contribution in [0.2, 0.25) is 0 Å². The van der Waals surface area contributed by atoms with E-state index < -0.39 is 0 Å². The summed E-state index contributed by atoms with van der Waals surface area (Å²) in [5.74, 6) is 3.07. The fourth-order valence-corrected chi connectivity index (χ4v) is 8.92. The molecule has 1 aliphatic heterocycles. The van der Waals surface area contributed by atoms with Gasteiger partial charge in [-0.1, -0.05) is 20.3 Å². The van der Waals surface area contributed by atoms with Gasteiger partial charge in [-0.25, -0.2) is 0 Å². The lowest BCUT2D eigenvalue weighted by atomic mass is 9.45. The van der Waals surface area contributed by atoms with Gasteiger partial charge in [0.1, 0.15) is 0 Å². The molecule has 0 unspecified atom stereocenters. The van der Waals surface area contributed by atoms with Gasteiger partial charge >= 0.3 is 0 Å². The van der Waals surface area contributed by atoms with Crippen LogP contribution in [0.5, 0.6) is 0 Å². The van der Waals surface area contributed by atoms with Crippen molar-refractivity contribution in [2.45, 2.75) is 103 Å². The Morgan fingerprint density at radius 2 is 1.56 bits per heavy atom. The topological polar surface area (TPSA) is 43.7 Å². The third-order valence-electron chi connectivity index (χ3n) is 10.4. The number of nitrogens with zero attached hydrogens (tertiary/aromatic N) is 1. The van der Waals surface area contributed by atoms with Gasteiger partial charge in [0, 0.05) is 6.04 Å². The molecule has 5 rings (SSSR count). The third-order valence-corrected chi connectivity index (χ3v) is 10.4. The van der Waals surface area contributed by atoms with Crippen molar-refractivity contribution in [1.82, 2.24) is 4.90 Å². The highest BCUT2D eigenvalue weighted by Gasteiger charge is 2.62. The average Bonchev–Trinajstić information content (AvgIpc) is 2.93. The first kappa shape index (κ1) is 18.9. The third kappa shape index (κ3) is 2.78. The fourth-order valence-electron chi connectivity index (χ4n) is 8.92. The smallest absolute Gasteiger partial charge is 0.0751 e. The second kappa shape index (κ2) is 6.71. The molecule has 0 radical (unpaired) electrons. The largest absolute Gasteiger partial charge is 0.393 e. The molecule has 4 aliphatic carbocycles. The van der Waals surface area contributed by atoms with Crippen molar-refractivity contribution in [3.63, 3.8) is 0 Å². The Balaban J connectivity index is 1.41. The van der Waals surface area contributed by atoms with Gasteiger partial charge in [0.25, 0.3) is 0 Å². The summed E-state index contributed by atoms with van der Waals surface area (Å²) in [4.78, 5) is 2.64. The van der Waals surface area contributed by atoms with Crippen LogP contribution >= 0.6 is 0 Å². The fraction of sp³-hybridized carbons (Fsp3) is 1.00. The lowest BCUT2D eigenvalue weighted by molar-refractivity contribution is -0.138. The van der Waals surface area contributed by atoms with E-state index in [1.54, 1.807) is 0 Å². The van der Waals surface area contributed by atoms with Gasteiger partial charge in [-0.2, -0.15) is 0 Å². The van der Waals surface area contributed by atoms with Crippen molar-refractivity contribution in [1.29, 1.82) is 0 Å². The summed E-state index contributed by atoms with van der Waals surface area (Å²) >= 11 is 0. The molecule has 0 aromatic carbocycles. The first-order chi connectivity index (χ1) is 12.9. The normalized spacial score (nSPS) is 56.2. The molecule has 3 nitrogen and oxygen atoms in total. The molecule has 27 heavy (non-hydrogen) atoms. The maximum atomic E-state index is 11.4. The second-order valence-corrected chi connectivity index (χ2v) is 11.5. The number of hydrogen-bond donors (Lipinski definition) is 2. The Labute approximate surface area is 165 Å². The maximum Gasteiger partial charge on any atom is 0.0751 e. The Morgan fingerprint density at radius 3 is 2.33 bits per heavy atom. The quantitative estimate of drug-likeness (QED) is 0.721. The van der Waals surface area contributed by atoms with Crippen LogP contribution < -0.4 is 0 Å². The molecule has 9 atom stereocenters. The predicted molar refractivity (Wildman–Crippen MR) is 108 cm³/mol. The van der Waals surface area contributed by atoms with Crippen molar-refractivity contribution in [3.05, 3.63) is 0 Å². The molecule has 154 valence electrons. The maximum absolute atomic E-state index is 11.4. The van der Waals surface area contributed by atoms with Crippen molar-refractivity contribution >= 4 is 0 Å². The zero-order valence-electron chi connectivity index (χ0n) is 17.6. The van der Waals surface area contributed by atoms with Gasteiger partial charge < -0.3 is 10.2 Å². The van der Waals surface area contributed by atoms with E-state index in [0.717, 1.165) is 30.6 Å². The van der Waals surface area contributed by atoms with Gasteiger partial charge in [-0.05, 0) is 112 Å². The van der Waals surface area contributed by atoms with E-state index in [-0.39, 0.29) is 17.6 Å². The van der Waals surface area contributed by atoms with E-state index in [1.165, 1.54) is 70.9 Å².